The zero-order chi connectivity index (χ0) is 89.3. The SMILES string of the molecule is CC(C)(N=NC(C)(C)C(N)N)C(N)N.CCCCCCCCCCCCCCCC(=O)OCC(COP(C)(=O)OCC[N+](C)(C)C)OC(=O)CCCCCCCCCCCOC(=O)C(C)CC.CCCCCCCCCCCCCCCC(=O)OCC(COP(C)(=O)OCC[N+](C)(C)C)OC(=O)CCCCCCCCCCCOC(=O)CC.Cl.Cl. The Hall–Kier alpha value is -2.94. The summed E-state index contributed by atoms with van der Waals surface area (Å²) in [6, 6.07) is 0. The molecule has 0 aromatic rings. The van der Waals surface area contributed by atoms with Crippen LogP contribution in [0.5, 0.6) is 0 Å². The first-order chi connectivity index (χ1) is 55.8. The Morgan fingerprint density at radius 2 is 0.583 bits per heavy atom. The van der Waals surface area contributed by atoms with Crippen LogP contribution in [0.1, 0.15) is 383 Å². The minimum absolute atomic E-state index is 0. The average Bonchev–Trinajstić information content (AvgIpc) is 0.861. The van der Waals surface area contributed by atoms with Crippen LogP contribution in [-0.4, -0.2) is 202 Å². The fourth-order valence-corrected chi connectivity index (χ4v) is 13.5. The number of unbranched alkanes of at least 4 members (excludes halogenated alkanes) is 40. The Kier molecular flexibility index (Phi) is 84.4. The van der Waals surface area contributed by atoms with Crippen molar-refractivity contribution in [2.24, 2.45) is 39.1 Å². The molecule has 0 heterocycles. The summed E-state index contributed by atoms with van der Waals surface area (Å²) < 4.78 is 82.0. The summed E-state index contributed by atoms with van der Waals surface area (Å²) in [6.07, 6.45) is 50.2. The monoisotopic (exact) mass is 1800 g/mol. The van der Waals surface area contributed by atoms with Crippen molar-refractivity contribution in [3.8, 4) is 0 Å². The molecule has 30 heteroatoms. The van der Waals surface area contributed by atoms with E-state index in [0.29, 0.717) is 67.4 Å². The topological polar surface area (TPSA) is 358 Å². The van der Waals surface area contributed by atoms with Crippen LogP contribution in [0, 0.1) is 5.92 Å². The van der Waals surface area contributed by atoms with Gasteiger partial charge in [-0.15, -0.1) is 24.8 Å². The second-order valence-corrected chi connectivity index (χ2v) is 40.0. The normalized spacial score (nSPS) is 13.6. The molecule has 0 rings (SSSR count). The molecule has 0 fully saturated rings. The van der Waals surface area contributed by atoms with Crippen molar-refractivity contribution < 1.29 is 93.4 Å². The van der Waals surface area contributed by atoms with E-state index in [2.05, 4.69) is 24.1 Å². The van der Waals surface area contributed by atoms with Gasteiger partial charge < -0.3 is 78.4 Å². The highest BCUT2D eigenvalue weighted by molar-refractivity contribution is 7.53. The molecular weight excluding hydrogens is 1610 g/mol. The van der Waals surface area contributed by atoms with Gasteiger partial charge in [-0.1, -0.05) is 279 Å². The molecule has 0 radical (unpaired) electrons. The molecule has 0 aliphatic carbocycles. The van der Waals surface area contributed by atoms with Crippen molar-refractivity contribution in [2.75, 3.05) is 122 Å². The standard InChI is InChI=1S/C42H83NO9P.C40H79NO9P.C8H22N6.2ClH/c1-8-10-11-12-13-14-15-16-17-19-22-25-28-31-40(44)49-36-39(37-51-53(7,47)50-35-33-43(4,5)6)52-41(45)32-29-26-23-20-18-21-24-27-30-34-48-42(46)38(3)9-2;1-7-9-10-11-12-13-14-15-16-18-21-24-27-30-39(43)47-35-37(36-49-51(6,45)48-34-32-41(3,4)5)50-40(44)31-28-25-22-19-17-20-23-26-29-33-46-38(42)8-2;1-7(2,5(9)10)13-14-8(3,4)6(11)12;;/h38-39H,8-37H2,1-7H3;37H,7-36H2,1-6H3;5-6H,9-12H2,1-4H3;2*1H/q2*+1;;;. The van der Waals surface area contributed by atoms with Crippen LogP contribution in [0.3, 0.4) is 0 Å². The fraction of sp³-hybridized carbons (Fsp3) is 0.933. The van der Waals surface area contributed by atoms with E-state index in [-0.39, 0.29) is 119 Å². The number of carbonyl (C=O) groups is 6. The van der Waals surface area contributed by atoms with Gasteiger partial charge in [-0.25, -0.2) is 0 Å². The summed E-state index contributed by atoms with van der Waals surface area (Å²) in [7, 11) is 5.35. The van der Waals surface area contributed by atoms with Gasteiger partial charge in [0.25, 0.3) is 0 Å². The number of azo groups is 1. The molecule has 120 heavy (non-hydrogen) atoms. The number of likely N-dealkylation sites (N-methyl/N-ethyl adjacent to an activating group) is 2. The highest BCUT2D eigenvalue weighted by Crippen LogP contribution is 2.45. The molecule has 0 amide bonds. The molecule has 0 aromatic heterocycles. The first kappa shape index (κ1) is 126. The fourth-order valence-electron chi connectivity index (χ4n) is 11.7. The van der Waals surface area contributed by atoms with E-state index in [1.54, 1.807) is 34.6 Å². The molecule has 0 saturated carbocycles. The predicted octanol–water partition coefficient (Wildman–Crippen LogP) is 21.6. The first-order valence-corrected chi connectivity index (χ1v) is 50.6. The van der Waals surface area contributed by atoms with Gasteiger partial charge in [-0.3, -0.25) is 37.9 Å². The third-order valence-corrected chi connectivity index (χ3v) is 23.2. The number of esters is 6. The lowest BCUT2D eigenvalue weighted by atomic mass is 10.0. The third kappa shape index (κ3) is 88.5. The zero-order valence-electron chi connectivity index (χ0n) is 79.5. The maximum Gasteiger partial charge on any atom is 0.327 e. The maximum atomic E-state index is 12.9. The molecule has 0 spiro atoms. The quantitative estimate of drug-likeness (QED) is 0.00835. The number of hydrogen-bond donors (Lipinski definition) is 4. The summed E-state index contributed by atoms with van der Waals surface area (Å²) in [4.78, 5) is 73.3. The Morgan fingerprint density at radius 1 is 0.333 bits per heavy atom. The second-order valence-electron chi connectivity index (χ2n) is 35.9. The Morgan fingerprint density at radius 3 is 0.833 bits per heavy atom. The summed E-state index contributed by atoms with van der Waals surface area (Å²) in [5.74, 6) is -1.65. The average molecular weight is 1800 g/mol. The molecule has 0 aliphatic heterocycles. The van der Waals surface area contributed by atoms with Crippen molar-refractivity contribution >= 4 is 75.8 Å². The highest BCUT2D eigenvalue weighted by atomic mass is 35.5. The van der Waals surface area contributed by atoms with Crippen molar-refractivity contribution in [1.29, 1.82) is 0 Å². The molecule has 5 unspecified atom stereocenters. The van der Waals surface area contributed by atoms with Crippen molar-refractivity contribution in [2.45, 2.75) is 419 Å². The van der Waals surface area contributed by atoms with Gasteiger partial charge in [-0.2, -0.15) is 10.2 Å². The van der Waals surface area contributed by atoms with E-state index < -0.39 is 50.8 Å². The van der Waals surface area contributed by atoms with Crippen LogP contribution in [-0.2, 0) is 84.4 Å². The number of carbonyl (C=O) groups excluding carboxylic acids is 6. The Labute approximate surface area is 744 Å². The van der Waals surface area contributed by atoms with E-state index in [4.69, 9.17) is 69.5 Å². The minimum atomic E-state index is -3.39. The van der Waals surface area contributed by atoms with Crippen LogP contribution in [0.2, 0.25) is 0 Å². The van der Waals surface area contributed by atoms with Crippen LogP contribution in [0.15, 0.2) is 10.2 Å². The van der Waals surface area contributed by atoms with Crippen LogP contribution < -0.4 is 22.9 Å². The van der Waals surface area contributed by atoms with Gasteiger partial charge in [0.1, 0.15) is 50.6 Å². The highest BCUT2D eigenvalue weighted by Gasteiger charge is 2.30. The first-order valence-electron chi connectivity index (χ1n) is 46.6. The smallest absolute Gasteiger partial charge is 0.327 e. The lowest BCUT2D eigenvalue weighted by Gasteiger charge is -2.27. The van der Waals surface area contributed by atoms with Crippen molar-refractivity contribution in [1.82, 2.24) is 0 Å². The largest absolute Gasteiger partial charge is 0.466 e. The van der Waals surface area contributed by atoms with Gasteiger partial charge in [-0.05, 0) is 72.6 Å². The van der Waals surface area contributed by atoms with E-state index in [9.17, 15) is 37.9 Å². The number of halogens is 2. The number of nitrogens with zero attached hydrogens (tertiary/aromatic N) is 4. The number of nitrogens with two attached hydrogens (primary N) is 4. The lowest BCUT2D eigenvalue weighted by molar-refractivity contribution is -0.870. The lowest BCUT2D eigenvalue weighted by Crippen LogP contribution is -2.51. The number of rotatable bonds is 79. The van der Waals surface area contributed by atoms with E-state index >= 15 is 0 Å². The number of ether oxygens (including phenoxy) is 6. The van der Waals surface area contributed by atoms with Gasteiger partial charge in [0, 0.05) is 45.4 Å². The summed E-state index contributed by atoms with van der Waals surface area (Å²) >= 11 is 0. The Bertz CT molecular complexity index is 2570. The Balaban J connectivity index is -0.000000622. The molecule has 0 bridgehead atoms. The number of quaternary nitrogens is 2. The van der Waals surface area contributed by atoms with Gasteiger partial charge in [0.2, 0.25) is 0 Å². The third-order valence-electron chi connectivity index (χ3n) is 20.6. The zero-order valence-corrected chi connectivity index (χ0v) is 82.9. The molecule has 8 N–H and O–H groups in total. The van der Waals surface area contributed by atoms with Crippen LogP contribution in [0.4, 0.5) is 0 Å². The second kappa shape index (κ2) is 80.6. The minimum Gasteiger partial charge on any atom is -0.466 e. The maximum absolute atomic E-state index is 12.9. The van der Waals surface area contributed by atoms with E-state index in [1.165, 1.54) is 142 Å². The van der Waals surface area contributed by atoms with Crippen molar-refractivity contribution in [3.05, 3.63) is 0 Å². The molecule has 0 aromatic carbocycles. The molecular formula is C90H186Cl2N8O18P2+2. The summed E-state index contributed by atoms with van der Waals surface area (Å²) in [5, 5.41) is 8.13. The summed E-state index contributed by atoms with van der Waals surface area (Å²) in [6.45, 7) is 22.5. The van der Waals surface area contributed by atoms with Gasteiger partial charge >= 0.3 is 51.0 Å². The predicted molar refractivity (Wildman–Crippen MR) is 495 cm³/mol. The van der Waals surface area contributed by atoms with Gasteiger partial charge in [0.15, 0.2) is 12.2 Å². The molecule has 0 saturated heterocycles. The molecule has 26 nitrogen and oxygen atoms in total. The molecule has 0 aliphatic rings. The van der Waals surface area contributed by atoms with Crippen LogP contribution in [0.25, 0.3) is 0 Å². The van der Waals surface area contributed by atoms with Crippen molar-refractivity contribution in [3.63, 3.8) is 0 Å². The van der Waals surface area contributed by atoms with Gasteiger partial charge in [0.05, 0.1) is 87.0 Å². The molecule has 5 atom stereocenters. The van der Waals surface area contributed by atoms with E-state index in [0.717, 1.165) is 148 Å². The number of hydrogen-bond acceptors (Lipinski definition) is 24. The molecule has 716 valence electrons. The van der Waals surface area contributed by atoms with E-state index in [1.807, 2.05) is 56.1 Å². The van der Waals surface area contributed by atoms with Crippen LogP contribution >= 0.6 is 40.0 Å². The summed E-state index contributed by atoms with van der Waals surface area (Å²) in [5.41, 5.74) is 20.9.